The van der Waals surface area contributed by atoms with Crippen LogP contribution in [0.1, 0.15) is 32.6 Å². The summed E-state index contributed by atoms with van der Waals surface area (Å²) in [6.07, 6.45) is 5.96. The van der Waals surface area contributed by atoms with Crippen LogP contribution in [0, 0.1) is 23.7 Å². The molecule has 4 nitrogen and oxygen atoms in total. The summed E-state index contributed by atoms with van der Waals surface area (Å²) in [5.41, 5.74) is 2.72. The topological polar surface area (TPSA) is 58.9 Å². The van der Waals surface area contributed by atoms with Crippen molar-refractivity contribution in [2.24, 2.45) is 28.8 Å². The van der Waals surface area contributed by atoms with E-state index in [1.165, 1.54) is 30.4 Å². The summed E-state index contributed by atoms with van der Waals surface area (Å²) in [5.74, 6) is 1.17. The molecule has 0 aromatic heterocycles. The first-order valence-electron chi connectivity index (χ1n) is 6.84. The van der Waals surface area contributed by atoms with E-state index in [4.69, 9.17) is 9.94 Å². The van der Waals surface area contributed by atoms with Gasteiger partial charge in [-0.25, -0.2) is 0 Å². The highest BCUT2D eigenvalue weighted by Crippen LogP contribution is 2.58. The Morgan fingerprint density at radius 2 is 2.11 bits per heavy atom. The van der Waals surface area contributed by atoms with Gasteiger partial charge in [-0.1, -0.05) is 11.1 Å². The Morgan fingerprint density at radius 3 is 2.78 bits per heavy atom. The normalized spacial score (nSPS) is 37.6. The second-order valence-electron chi connectivity index (χ2n) is 5.53. The molecule has 0 spiro atoms. The van der Waals surface area contributed by atoms with Crippen LogP contribution in [0.4, 0.5) is 0 Å². The lowest BCUT2D eigenvalue weighted by Gasteiger charge is -2.18. The quantitative estimate of drug-likeness (QED) is 0.275. The molecule has 0 saturated heterocycles. The van der Waals surface area contributed by atoms with E-state index in [0.717, 1.165) is 6.42 Å². The van der Waals surface area contributed by atoms with Crippen molar-refractivity contribution in [1.82, 2.24) is 0 Å². The number of nitrogens with zero attached hydrogens (tertiary/aromatic N) is 1. The Bertz CT molecular complexity index is 427. The van der Waals surface area contributed by atoms with Crippen LogP contribution in [0.2, 0.25) is 0 Å². The van der Waals surface area contributed by atoms with Crippen LogP contribution in [-0.4, -0.2) is 24.0 Å². The predicted octanol–water partition coefficient (Wildman–Crippen LogP) is 2.37. The Hall–Kier alpha value is -1.32. The molecule has 4 heteroatoms. The maximum atomic E-state index is 12.1. The van der Waals surface area contributed by atoms with E-state index >= 15 is 0 Å². The Morgan fingerprint density at radius 1 is 1.39 bits per heavy atom. The molecule has 98 valence electrons. The number of esters is 1. The molecule has 3 aliphatic carbocycles. The van der Waals surface area contributed by atoms with Gasteiger partial charge < -0.3 is 9.94 Å². The number of carbonyl (C=O) groups is 1. The highest BCUT2D eigenvalue weighted by atomic mass is 16.5. The van der Waals surface area contributed by atoms with Crippen molar-refractivity contribution in [2.45, 2.75) is 32.6 Å². The fraction of sp³-hybridized carbons (Fsp3) is 0.714. The molecule has 2 bridgehead atoms. The van der Waals surface area contributed by atoms with Crippen molar-refractivity contribution < 1.29 is 14.7 Å². The molecule has 0 amide bonds. The number of hydrogen-bond donors (Lipinski definition) is 1. The van der Waals surface area contributed by atoms with Gasteiger partial charge in [0.2, 0.25) is 0 Å². The molecular weight excluding hydrogens is 230 g/mol. The van der Waals surface area contributed by atoms with E-state index in [0.29, 0.717) is 18.4 Å². The van der Waals surface area contributed by atoms with Gasteiger partial charge in [-0.3, -0.25) is 4.79 Å². The average molecular weight is 249 g/mol. The zero-order valence-corrected chi connectivity index (χ0v) is 10.6. The monoisotopic (exact) mass is 249 g/mol. The van der Waals surface area contributed by atoms with Gasteiger partial charge in [-0.05, 0) is 44.4 Å². The molecule has 0 unspecified atom stereocenters. The van der Waals surface area contributed by atoms with Crippen molar-refractivity contribution in [2.75, 3.05) is 6.61 Å². The summed E-state index contributed by atoms with van der Waals surface area (Å²) in [6, 6.07) is 0. The van der Waals surface area contributed by atoms with Crippen molar-refractivity contribution in [3.8, 4) is 0 Å². The lowest BCUT2D eigenvalue weighted by molar-refractivity contribution is -0.146. The highest BCUT2D eigenvalue weighted by Gasteiger charge is 2.50. The van der Waals surface area contributed by atoms with Gasteiger partial charge in [-0.15, -0.1) is 5.16 Å². The third-order valence-corrected chi connectivity index (χ3v) is 4.73. The molecule has 0 radical (unpaired) electrons. The minimum absolute atomic E-state index is 0.0850. The third-order valence-electron chi connectivity index (χ3n) is 4.73. The van der Waals surface area contributed by atoms with Crippen LogP contribution < -0.4 is 0 Å². The fourth-order valence-corrected chi connectivity index (χ4v) is 4.22. The lowest BCUT2D eigenvalue weighted by Crippen LogP contribution is -2.21. The summed E-state index contributed by atoms with van der Waals surface area (Å²) in [7, 11) is 0. The maximum absolute atomic E-state index is 12.1. The van der Waals surface area contributed by atoms with Crippen molar-refractivity contribution in [3.05, 3.63) is 11.1 Å². The lowest BCUT2D eigenvalue weighted by atomic mass is 9.88. The maximum Gasteiger partial charge on any atom is 0.313 e. The van der Waals surface area contributed by atoms with E-state index in [1.807, 2.05) is 6.92 Å². The summed E-state index contributed by atoms with van der Waals surface area (Å²) >= 11 is 0. The molecule has 0 aliphatic heterocycles. The van der Waals surface area contributed by atoms with Gasteiger partial charge in [0.1, 0.15) is 0 Å². The minimum Gasteiger partial charge on any atom is -0.466 e. The Labute approximate surface area is 107 Å². The molecule has 3 aliphatic rings. The number of oxime groups is 1. The van der Waals surface area contributed by atoms with Crippen LogP contribution in [0.25, 0.3) is 0 Å². The first kappa shape index (κ1) is 11.8. The largest absolute Gasteiger partial charge is 0.466 e. The molecule has 0 aromatic rings. The highest BCUT2D eigenvalue weighted by molar-refractivity contribution is 5.81. The molecule has 1 N–H and O–H groups in total. The number of ether oxygens (including phenoxy) is 1. The van der Waals surface area contributed by atoms with Crippen molar-refractivity contribution in [1.29, 1.82) is 0 Å². The minimum atomic E-state index is -0.0913. The van der Waals surface area contributed by atoms with Crippen LogP contribution >= 0.6 is 0 Å². The van der Waals surface area contributed by atoms with E-state index in [9.17, 15) is 4.79 Å². The van der Waals surface area contributed by atoms with Crippen LogP contribution in [0.5, 0.6) is 0 Å². The number of rotatable bonds is 3. The molecular formula is C14H19NO3. The Kier molecular flexibility index (Phi) is 2.88. The molecule has 0 heterocycles. The second-order valence-corrected chi connectivity index (χ2v) is 5.53. The van der Waals surface area contributed by atoms with Gasteiger partial charge in [0, 0.05) is 5.92 Å². The van der Waals surface area contributed by atoms with E-state index in [-0.39, 0.29) is 17.8 Å². The molecule has 1 saturated carbocycles. The van der Waals surface area contributed by atoms with Gasteiger partial charge in [0.05, 0.1) is 18.7 Å². The van der Waals surface area contributed by atoms with Crippen LogP contribution in [-0.2, 0) is 9.53 Å². The van der Waals surface area contributed by atoms with E-state index in [1.54, 1.807) is 6.21 Å². The van der Waals surface area contributed by atoms with Crippen LogP contribution in [0.3, 0.4) is 0 Å². The molecule has 1 fully saturated rings. The van der Waals surface area contributed by atoms with Crippen molar-refractivity contribution in [3.63, 3.8) is 0 Å². The predicted molar refractivity (Wildman–Crippen MR) is 66.4 cm³/mol. The van der Waals surface area contributed by atoms with E-state index in [2.05, 4.69) is 5.16 Å². The molecule has 4 atom stereocenters. The summed E-state index contributed by atoms with van der Waals surface area (Å²) < 4.78 is 5.19. The third kappa shape index (κ3) is 1.58. The van der Waals surface area contributed by atoms with Gasteiger partial charge in [-0.2, -0.15) is 0 Å². The average Bonchev–Trinajstić information content (AvgIpc) is 3.01. The zero-order valence-electron chi connectivity index (χ0n) is 10.6. The van der Waals surface area contributed by atoms with E-state index < -0.39 is 0 Å². The standard InChI is InChI=1S/C14H19NO3/c1-2-18-14(16)11-6-10(7-15-17)12-8-3-4-9(5-8)13(11)12/h7-11,17H,2-6H2,1H3/b15-7-/t8-,9-,10+,11+/m0/s1. The van der Waals surface area contributed by atoms with Crippen LogP contribution in [0.15, 0.2) is 16.3 Å². The molecule has 0 aromatic carbocycles. The number of allylic oxidation sites excluding steroid dienone is 1. The number of fused-ring (bicyclic) bond motifs is 4. The summed E-state index contributed by atoms with van der Waals surface area (Å²) in [6.45, 7) is 2.28. The molecule has 18 heavy (non-hydrogen) atoms. The fourth-order valence-electron chi connectivity index (χ4n) is 4.22. The SMILES string of the molecule is CCOC(=O)[C@@H]1C[C@H](/C=N\O)C2=C1[C@H]1CC[C@H]2C1. The summed E-state index contributed by atoms with van der Waals surface area (Å²) in [4.78, 5) is 12.1. The first-order valence-corrected chi connectivity index (χ1v) is 6.84. The number of hydrogen-bond acceptors (Lipinski definition) is 4. The Balaban J connectivity index is 1.91. The zero-order chi connectivity index (χ0) is 12.7. The first-order chi connectivity index (χ1) is 8.76. The van der Waals surface area contributed by atoms with Gasteiger partial charge in [0.25, 0.3) is 0 Å². The second kappa shape index (κ2) is 4.41. The van der Waals surface area contributed by atoms with Gasteiger partial charge >= 0.3 is 5.97 Å². The smallest absolute Gasteiger partial charge is 0.313 e. The molecule has 3 rings (SSSR count). The van der Waals surface area contributed by atoms with Gasteiger partial charge in [0.15, 0.2) is 0 Å². The van der Waals surface area contributed by atoms with Crippen molar-refractivity contribution >= 4 is 12.2 Å². The number of carbonyl (C=O) groups excluding carboxylic acids is 1. The summed E-state index contributed by atoms with van der Waals surface area (Å²) in [5, 5.41) is 12.0.